The Morgan fingerprint density at radius 1 is 0.955 bits per heavy atom. The van der Waals surface area contributed by atoms with Crippen LogP contribution < -0.4 is 5.32 Å². The molecule has 0 radical (unpaired) electrons. The highest BCUT2D eigenvalue weighted by Crippen LogP contribution is 2.52. The molecule has 0 saturated heterocycles. The molecule has 2 aliphatic rings. The number of halogens is 3. The molecule has 0 aromatic heterocycles. The molecule has 2 aromatic carbocycles. The van der Waals surface area contributed by atoms with Crippen LogP contribution in [-0.2, 0) is 0 Å². The van der Waals surface area contributed by atoms with Gasteiger partial charge < -0.3 is 5.32 Å². The van der Waals surface area contributed by atoms with E-state index >= 15 is 0 Å². The van der Waals surface area contributed by atoms with Crippen LogP contribution in [0.3, 0.4) is 0 Å². The maximum absolute atomic E-state index is 6.43. The summed E-state index contributed by atoms with van der Waals surface area (Å²) in [6.07, 6.45) is 5.53. The molecule has 0 fully saturated rings. The lowest BCUT2D eigenvalue weighted by atomic mass is 9.77. The van der Waals surface area contributed by atoms with E-state index in [1.807, 2.05) is 24.3 Å². The first-order valence-electron chi connectivity index (χ1n) is 7.31. The Morgan fingerprint density at radius 3 is 2.59 bits per heavy atom. The smallest absolute Gasteiger partial charge is 0.0655 e. The zero-order valence-electron chi connectivity index (χ0n) is 11.7. The quantitative estimate of drug-likeness (QED) is 0.581. The molecule has 0 spiro atoms. The number of rotatable bonds is 1. The van der Waals surface area contributed by atoms with Crippen LogP contribution in [0.1, 0.15) is 29.5 Å². The van der Waals surface area contributed by atoms with E-state index in [0.29, 0.717) is 21.9 Å². The van der Waals surface area contributed by atoms with E-state index in [1.54, 1.807) is 6.07 Å². The standard InChI is InChI=1S/C18H14Cl3N/c19-10-8-14-11-5-3-6-12(11)17(22-18(14)16(21)9-10)13-4-1-2-7-15(13)20/h1-5,7-9,11-12,17,22H,6H2/t11-,12+,17-/m0/s1. The van der Waals surface area contributed by atoms with Gasteiger partial charge in [-0.15, -0.1) is 0 Å². The van der Waals surface area contributed by atoms with Crippen LogP contribution in [0, 0.1) is 5.92 Å². The van der Waals surface area contributed by atoms with Crippen LogP contribution in [0.25, 0.3) is 0 Å². The van der Waals surface area contributed by atoms with Gasteiger partial charge in [0.15, 0.2) is 0 Å². The van der Waals surface area contributed by atoms with E-state index in [2.05, 4.69) is 23.5 Å². The number of allylic oxidation sites excluding steroid dienone is 2. The number of hydrogen-bond acceptors (Lipinski definition) is 1. The van der Waals surface area contributed by atoms with E-state index in [9.17, 15) is 0 Å². The van der Waals surface area contributed by atoms with E-state index in [0.717, 1.165) is 22.7 Å². The van der Waals surface area contributed by atoms with Crippen molar-refractivity contribution < 1.29 is 0 Å². The van der Waals surface area contributed by atoms with Gasteiger partial charge >= 0.3 is 0 Å². The Bertz CT molecular complexity index is 769. The van der Waals surface area contributed by atoms with E-state index in [4.69, 9.17) is 34.8 Å². The SMILES string of the molecule is Clc1cc(Cl)c2c(c1)[C@H]1C=CC[C@H]1[C@@H](c1ccccc1Cl)N2. The summed E-state index contributed by atoms with van der Waals surface area (Å²) in [7, 11) is 0. The molecule has 3 atom stereocenters. The third kappa shape index (κ3) is 2.23. The van der Waals surface area contributed by atoms with Gasteiger partial charge in [-0.05, 0) is 41.7 Å². The van der Waals surface area contributed by atoms with Crippen LogP contribution in [0.4, 0.5) is 5.69 Å². The fourth-order valence-electron chi connectivity index (χ4n) is 3.66. The average molecular weight is 351 g/mol. The molecule has 1 N–H and O–H groups in total. The van der Waals surface area contributed by atoms with Gasteiger partial charge in [-0.1, -0.05) is 65.2 Å². The summed E-state index contributed by atoms with van der Waals surface area (Å²) in [5.41, 5.74) is 3.28. The Hall–Kier alpha value is -1.15. The normalized spacial score (nSPS) is 25.5. The highest BCUT2D eigenvalue weighted by atomic mass is 35.5. The molecule has 0 amide bonds. The molecule has 2 aromatic rings. The Kier molecular flexibility index (Phi) is 3.60. The van der Waals surface area contributed by atoms with Crippen molar-refractivity contribution in [3.8, 4) is 0 Å². The van der Waals surface area contributed by atoms with Crippen molar-refractivity contribution in [1.29, 1.82) is 0 Å². The number of hydrogen-bond donors (Lipinski definition) is 1. The first-order chi connectivity index (χ1) is 10.6. The number of anilines is 1. The first-order valence-corrected chi connectivity index (χ1v) is 8.45. The van der Waals surface area contributed by atoms with Crippen LogP contribution in [0.2, 0.25) is 15.1 Å². The van der Waals surface area contributed by atoms with Crippen molar-refractivity contribution in [2.24, 2.45) is 5.92 Å². The lowest BCUT2D eigenvalue weighted by Crippen LogP contribution is -2.29. The molecule has 4 rings (SSSR count). The monoisotopic (exact) mass is 349 g/mol. The molecule has 0 saturated carbocycles. The summed E-state index contributed by atoms with van der Waals surface area (Å²) in [4.78, 5) is 0. The van der Waals surface area contributed by atoms with Gasteiger partial charge in [-0.25, -0.2) is 0 Å². The molecule has 4 heteroatoms. The minimum absolute atomic E-state index is 0.153. The summed E-state index contributed by atoms with van der Waals surface area (Å²) in [5, 5.41) is 5.74. The van der Waals surface area contributed by atoms with E-state index < -0.39 is 0 Å². The summed E-state index contributed by atoms with van der Waals surface area (Å²) < 4.78 is 0. The lowest BCUT2D eigenvalue weighted by Gasteiger charge is -2.38. The molecule has 1 aliphatic carbocycles. The Balaban J connectivity index is 1.86. The third-order valence-electron chi connectivity index (χ3n) is 4.63. The van der Waals surface area contributed by atoms with Crippen LogP contribution in [-0.4, -0.2) is 0 Å². The number of benzene rings is 2. The Morgan fingerprint density at radius 2 is 1.77 bits per heavy atom. The van der Waals surface area contributed by atoms with Gasteiger partial charge in [0.25, 0.3) is 0 Å². The van der Waals surface area contributed by atoms with Gasteiger partial charge in [0.1, 0.15) is 0 Å². The van der Waals surface area contributed by atoms with Gasteiger partial charge in [-0.2, -0.15) is 0 Å². The van der Waals surface area contributed by atoms with Crippen LogP contribution >= 0.6 is 34.8 Å². The number of fused-ring (bicyclic) bond motifs is 3. The molecule has 0 bridgehead atoms. The van der Waals surface area contributed by atoms with Gasteiger partial charge in [0, 0.05) is 16.0 Å². The van der Waals surface area contributed by atoms with Crippen molar-refractivity contribution >= 4 is 40.5 Å². The van der Waals surface area contributed by atoms with E-state index in [1.165, 1.54) is 5.56 Å². The minimum atomic E-state index is 0.153. The predicted molar refractivity (Wildman–Crippen MR) is 94.3 cm³/mol. The molecular formula is C18H14Cl3N. The topological polar surface area (TPSA) is 12.0 Å². The van der Waals surface area contributed by atoms with Crippen LogP contribution in [0.15, 0.2) is 48.6 Å². The van der Waals surface area contributed by atoms with Crippen molar-refractivity contribution in [3.63, 3.8) is 0 Å². The second-order valence-electron chi connectivity index (χ2n) is 5.85. The summed E-state index contributed by atoms with van der Waals surface area (Å²) in [6.45, 7) is 0. The fourth-order valence-corrected chi connectivity index (χ4v) is 4.47. The molecule has 112 valence electrons. The second-order valence-corrected chi connectivity index (χ2v) is 7.10. The van der Waals surface area contributed by atoms with Crippen molar-refractivity contribution in [1.82, 2.24) is 0 Å². The zero-order valence-corrected chi connectivity index (χ0v) is 14.0. The minimum Gasteiger partial charge on any atom is -0.376 e. The maximum atomic E-state index is 6.43. The third-order valence-corrected chi connectivity index (χ3v) is 5.49. The maximum Gasteiger partial charge on any atom is 0.0655 e. The van der Waals surface area contributed by atoms with Crippen molar-refractivity contribution in [2.75, 3.05) is 5.32 Å². The molecule has 1 heterocycles. The largest absolute Gasteiger partial charge is 0.376 e. The van der Waals surface area contributed by atoms with Gasteiger partial charge in [0.05, 0.1) is 16.8 Å². The van der Waals surface area contributed by atoms with Crippen LogP contribution in [0.5, 0.6) is 0 Å². The summed E-state index contributed by atoms with van der Waals surface area (Å²) in [5.74, 6) is 0.760. The van der Waals surface area contributed by atoms with E-state index in [-0.39, 0.29) is 6.04 Å². The molecule has 1 aliphatic heterocycles. The molecule has 22 heavy (non-hydrogen) atoms. The number of nitrogens with one attached hydrogen (secondary N) is 1. The average Bonchev–Trinajstić information content (AvgIpc) is 2.97. The van der Waals surface area contributed by atoms with Gasteiger partial charge in [-0.3, -0.25) is 0 Å². The summed E-state index contributed by atoms with van der Waals surface area (Å²) >= 11 is 19.0. The molecule has 0 unspecified atom stereocenters. The first kappa shape index (κ1) is 14.4. The summed E-state index contributed by atoms with van der Waals surface area (Å²) in [6, 6.07) is 12.0. The predicted octanol–water partition coefficient (Wildman–Crippen LogP) is 6.47. The van der Waals surface area contributed by atoms with Crippen molar-refractivity contribution in [3.05, 3.63) is 74.7 Å². The van der Waals surface area contributed by atoms with Crippen molar-refractivity contribution in [2.45, 2.75) is 18.4 Å². The highest BCUT2D eigenvalue weighted by Gasteiger charge is 2.39. The second kappa shape index (κ2) is 5.49. The lowest BCUT2D eigenvalue weighted by molar-refractivity contribution is 0.426. The molecule has 1 nitrogen and oxygen atoms in total. The molecular weight excluding hydrogens is 337 g/mol. The Labute approximate surface area is 144 Å². The van der Waals surface area contributed by atoms with Gasteiger partial charge in [0.2, 0.25) is 0 Å². The zero-order chi connectivity index (χ0) is 15.3. The fraction of sp³-hybridized carbons (Fsp3) is 0.222. The highest BCUT2D eigenvalue weighted by molar-refractivity contribution is 6.36.